The fraction of sp³-hybridized carbons (Fsp3) is 0.429. The molecule has 19 heavy (non-hydrogen) atoms. The van der Waals surface area contributed by atoms with Gasteiger partial charge in [-0.2, -0.15) is 0 Å². The molecule has 0 saturated heterocycles. The maximum atomic E-state index is 12.2. The van der Waals surface area contributed by atoms with Crippen molar-refractivity contribution in [2.75, 3.05) is 19.5 Å². The van der Waals surface area contributed by atoms with Crippen molar-refractivity contribution >= 4 is 18.0 Å². The third-order valence-corrected chi connectivity index (χ3v) is 2.86. The molecule has 5 nitrogen and oxygen atoms in total. The van der Waals surface area contributed by atoms with E-state index in [-0.39, 0.29) is 11.8 Å². The van der Waals surface area contributed by atoms with Crippen LogP contribution in [0.5, 0.6) is 5.75 Å². The van der Waals surface area contributed by atoms with E-state index in [1.54, 1.807) is 38.4 Å². The summed E-state index contributed by atoms with van der Waals surface area (Å²) in [7, 11) is 3.19. The zero-order valence-electron chi connectivity index (χ0n) is 11.7. The van der Waals surface area contributed by atoms with Crippen LogP contribution < -0.4 is 10.1 Å². The summed E-state index contributed by atoms with van der Waals surface area (Å²) in [4.78, 5) is 24.4. The van der Waals surface area contributed by atoms with Gasteiger partial charge < -0.3 is 15.0 Å². The minimum absolute atomic E-state index is 0.0356. The van der Waals surface area contributed by atoms with Crippen LogP contribution in [0.3, 0.4) is 0 Å². The van der Waals surface area contributed by atoms with Crippen molar-refractivity contribution < 1.29 is 14.3 Å². The Morgan fingerprint density at radius 1 is 1.32 bits per heavy atom. The number of amides is 2. The lowest BCUT2D eigenvalue weighted by atomic mass is 10.0. The van der Waals surface area contributed by atoms with Crippen LogP contribution in [0.1, 0.15) is 13.8 Å². The average Bonchev–Trinajstić information content (AvgIpc) is 2.39. The molecule has 0 heterocycles. The first kappa shape index (κ1) is 15.0. The molecule has 5 heteroatoms. The van der Waals surface area contributed by atoms with Crippen molar-refractivity contribution in [2.45, 2.75) is 19.9 Å². The molecule has 1 aromatic rings. The molecule has 1 rings (SSSR count). The van der Waals surface area contributed by atoms with Gasteiger partial charge >= 0.3 is 0 Å². The molecular formula is C14H20N2O3. The Kier molecular flexibility index (Phi) is 5.36. The summed E-state index contributed by atoms with van der Waals surface area (Å²) < 4.78 is 5.05. The van der Waals surface area contributed by atoms with E-state index in [0.29, 0.717) is 12.1 Å². The number of nitrogens with one attached hydrogen (secondary N) is 1. The summed E-state index contributed by atoms with van der Waals surface area (Å²) >= 11 is 0. The van der Waals surface area contributed by atoms with Crippen LogP contribution in [0, 0.1) is 5.92 Å². The van der Waals surface area contributed by atoms with E-state index in [4.69, 9.17) is 4.74 Å². The highest BCUT2D eigenvalue weighted by molar-refractivity contribution is 5.95. The first-order valence-electron chi connectivity index (χ1n) is 6.11. The number of likely N-dealkylation sites (N-methyl/N-ethyl adjacent to an activating group) is 1. The fourth-order valence-corrected chi connectivity index (χ4v) is 1.91. The van der Waals surface area contributed by atoms with E-state index in [1.165, 1.54) is 4.90 Å². The molecule has 0 aliphatic heterocycles. The van der Waals surface area contributed by atoms with Gasteiger partial charge in [-0.05, 0) is 30.2 Å². The number of hydrogen-bond acceptors (Lipinski definition) is 3. The highest BCUT2D eigenvalue weighted by atomic mass is 16.5. The first-order chi connectivity index (χ1) is 8.99. The second-order valence-electron chi connectivity index (χ2n) is 4.68. The predicted octanol–water partition coefficient (Wildman–Crippen LogP) is 1.75. The standard InChI is InChI=1S/C14H20N2O3/c1-10(2)13(16(3)9-17)14(18)15-11-5-7-12(19-4)8-6-11/h5-10,13H,1-4H3,(H,15,18)/t13-/m0/s1. The van der Waals surface area contributed by atoms with E-state index in [0.717, 1.165) is 5.75 Å². The van der Waals surface area contributed by atoms with Crippen LogP contribution in [-0.4, -0.2) is 37.4 Å². The number of rotatable bonds is 6. The molecule has 0 aliphatic carbocycles. The Balaban J connectivity index is 2.78. The van der Waals surface area contributed by atoms with Gasteiger partial charge in [0, 0.05) is 12.7 Å². The lowest BCUT2D eigenvalue weighted by Crippen LogP contribution is -2.44. The number of benzene rings is 1. The van der Waals surface area contributed by atoms with Crippen LogP contribution in [-0.2, 0) is 9.59 Å². The first-order valence-corrected chi connectivity index (χ1v) is 6.11. The van der Waals surface area contributed by atoms with Gasteiger partial charge in [-0.1, -0.05) is 13.8 Å². The third-order valence-electron chi connectivity index (χ3n) is 2.86. The molecule has 0 saturated carbocycles. The molecule has 1 aromatic carbocycles. The van der Waals surface area contributed by atoms with Gasteiger partial charge in [0.15, 0.2) is 0 Å². The summed E-state index contributed by atoms with van der Waals surface area (Å²) in [5, 5.41) is 2.79. The predicted molar refractivity (Wildman–Crippen MR) is 74.1 cm³/mol. The summed E-state index contributed by atoms with van der Waals surface area (Å²) in [5.41, 5.74) is 0.677. The van der Waals surface area contributed by atoms with E-state index in [9.17, 15) is 9.59 Å². The normalized spacial score (nSPS) is 11.8. The topological polar surface area (TPSA) is 58.6 Å². The maximum absolute atomic E-state index is 12.2. The van der Waals surface area contributed by atoms with Crippen molar-refractivity contribution in [1.82, 2.24) is 4.90 Å². The minimum atomic E-state index is -0.486. The number of methoxy groups -OCH3 is 1. The van der Waals surface area contributed by atoms with Gasteiger partial charge in [0.05, 0.1) is 7.11 Å². The fourth-order valence-electron chi connectivity index (χ4n) is 1.91. The molecule has 0 spiro atoms. The summed E-state index contributed by atoms with van der Waals surface area (Å²) in [5.74, 6) is 0.562. The van der Waals surface area contributed by atoms with E-state index < -0.39 is 6.04 Å². The second-order valence-corrected chi connectivity index (χ2v) is 4.68. The number of ether oxygens (including phenoxy) is 1. The number of nitrogens with zero attached hydrogens (tertiary/aromatic N) is 1. The molecule has 0 fully saturated rings. The third kappa shape index (κ3) is 3.98. The van der Waals surface area contributed by atoms with Gasteiger partial charge in [0.1, 0.15) is 11.8 Å². The zero-order chi connectivity index (χ0) is 14.4. The lowest BCUT2D eigenvalue weighted by Gasteiger charge is -2.26. The smallest absolute Gasteiger partial charge is 0.247 e. The van der Waals surface area contributed by atoms with Crippen LogP contribution >= 0.6 is 0 Å². The number of carbonyl (C=O) groups excluding carboxylic acids is 2. The SMILES string of the molecule is COc1ccc(NC(=O)[C@H](C(C)C)N(C)C=O)cc1. The van der Waals surface area contributed by atoms with Crippen LogP contribution in [0.25, 0.3) is 0 Å². The van der Waals surface area contributed by atoms with Crippen molar-refractivity contribution in [1.29, 1.82) is 0 Å². The van der Waals surface area contributed by atoms with Crippen LogP contribution in [0.2, 0.25) is 0 Å². The van der Waals surface area contributed by atoms with Gasteiger partial charge in [0.25, 0.3) is 0 Å². The molecule has 104 valence electrons. The van der Waals surface area contributed by atoms with Gasteiger partial charge in [-0.3, -0.25) is 9.59 Å². The quantitative estimate of drug-likeness (QED) is 0.796. The lowest BCUT2D eigenvalue weighted by molar-refractivity contribution is -0.130. The zero-order valence-corrected chi connectivity index (χ0v) is 11.7. The summed E-state index contributed by atoms with van der Waals surface area (Å²) in [6.07, 6.45) is 0.665. The minimum Gasteiger partial charge on any atom is -0.497 e. The maximum Gasteiger partial charge on any atom is 0.247 e. The monoisotopic (exact) mass is 264 g/mol. The molecule has 0 unspecified atom stereocenters. The molecule has 0 aromatic heterocycles. The van der Waals surface area contributed by atoms with E-state index in [2.05, 4.69) is 5.32 Å². The van der Waals surface area contributed by atoms with Crippen molar-refractivity contribution in [3.8, 4) is 5.75 Å². The van der Waals surface area contributed by atoms with Crippen molar-refractivity contribution in [3.05, 3.63) is 24.3 Å². The highest BCUT2D eigenvalue weighted by Crippen LogP contribution is 2.17. The van der Waals surface area contributed by atoms with Gasteiger partial charge in [0.2, 0.25) is 12.3 Å². The molecular weight excluding hydrogens is 244 g/mol. The van der Waals surface area contributed by atoms with Gasteiger partial charge in [-0.15, -0.1) is 0 Å². The molecule has 0 radical (unpaired) electrons. The van der Waals surface area contributed by atoms with Crippen molar-refractivity contribution in [3.63, 3.8) is 0 Å². The average molecular weight is 264 g/mol. The molecule has 1 N–H and O–H groups in total. The molecule has 2 amide bonds. The molecule has 0 bridgehead atoms. The summed E-state index contributed by atoms with van der Waals surface area (Å²) in [6, 6.07) is 6.57. The largest absolute Gasteiger partial charge is 0.497 e. The second kappa shape index (κ2) is 6.78. The number of carbonyl (C=O) groups is 2. The van der Waals surface area contributed by atoms with E-state index >= 15 is 0 Å². The van der Waals surface area contributed by atoms with Crippen LogP contribution in [0.4, 0.5) is 5.69 Å². The molecule has 1 atom stereocenters. The summed E-state index contributed by atoms with van der Waals surface area (Å²) in [6.45, 7) is 3.80. The Bertz CT molecular complexity index is 429. The Morgan fingerprint density at radius 2 is 1.89 bits per heavy atom. The number of hydrogen-bond donors (Lipinski definition) is 1. The highest BCUT2D eigenvalue weighted by Gasteiger charge is 2.25. The van der Waals surface area contributed by atoms with Crippen LogP contribution in [0.15, 0.2) is 24.3 Å². The Morgan fingerprint density at radius 3 is 2.32 bits per heavy atom. The van der Waals surface area contributed by atoms with Crippen molar-refractivity contribution in [2.24, 2.45) is 5.92 Å². The molecule has 0 aliphatic rings. The Hall–Kier alpha value is -2.04. The van der Waals surface area contributed by atoms with E-state index in [1.807, 2.05) is 13.8 Å². The Labute approximate surface area is 113 Å². The van der Waals surface area contributed by atoms with Gasteiger partial charge in [-0.25, -0.2) is 0 Å². The number of anilines is 1.